The molecule has 0 N–H and O–H groups in total. The van der Waals surface area contributed by atoms with Crippen LogP contribution < -0.4 is 4.90 Å². The Morgan fingerprint density at radius 3 is 2.66 bits per heavy atom. The number of anilines is 1. The van der Waals surface area contributed by atoms with Crippen LogP contribution >= 0.6 is 0 Å². The molecule has 1 aliphatic heterocycles. The summed E-state index contributed by atoms with van der Waals surface area (Å²) in [5.41, 5.74) is 5.27. The number of nitrogens with zero attached hydrogens (tertiary/aromatic N) is 5. The Morgan fingerprint density at radius 2 is 1.91 bits per heavy atom. The lowest BCUT2D eigenvalue weighted by Gasteiger charge is -2.36. The fraction of sp³-hybridized carbons (Fsp3) is 0.385. The molecule has 4 rings (SSSR count). The first-order valence-electron chi connectivity index (χ1n) is 11.3. The van der Waals surface area contributed by atoms with Crippen LogP contribution in [-0.4, -0.2) is 46.4 Å². The molecule has 1 amide bonds. The molecule has 0 bridgehead atoms. The third-order valence-corrected chi connectivity index (χ3v) is 6.13. The predicted molar refractivity (Wildman–Crippen MR) is 127 cm³/mol. The summed E-state index contributed by atoms with van der Waals surface area (Å²) < 4.78 is 0. The van der Waals surface area contributed by atoms with E-state index in [4.69, 9.17) is 4.98 Å². The lowest BCUT2D eigenvalue weighted by Crippen LogP contribution is -2.39. The first kappa shape index (κ1) is 21.9. The maximum Gasteiger partial charge on any atom is 0.225 e. The minimum Gasteiger partial charge on any atom is -0.347 e. The minimum absolute atomic E-state index is 0.0451. The Balaban J connectivity index is 1.68. The third-order valence-electron chi connectivity index (χ3n) is 6.13. The van der Waals surface area contributed by atoms with Gasteiger partial charge < -0.3 is 9.80 Å². The molecule has 0 saturated carbocycles. The second-order valence-corrected chi connectivity index (χ2v) is 8.64. The summed E-state index contributed by atoms with van der Waals surface area (Å²) in [5, 5.41) is 0. The fourth-order valence-corrected chi connectivity index (χ4v) is 4.39. The van der Waals surface area contributed by atoms with Crippen molar-refractivity contribution in [3.05, 3.63) is 71.8 Å². The van der Waals surface area contributed by atoms with Crippen molar-refractivity contribution in [1.29, 1.82) is 0 Å². The number of hydrogen-bond donors (Lipinski definition) is 0. The number of benzene rings is 1. The molecule has 3 heterocycles. The predicted octanol–water partition coefficient (Wildman–Crippen LogP) is 4.60. The second kappa shape index (κ2) is 9.90. The van der Waals surface area contributed by atoms with Crippen LogP contribution in [0.15, 0.2) is 55.0 Å². The van der Waals surface area contributed by atoms with Gasteiger partial charge in [0.15, 0.2) is 0 Å². The number of aryl methyl sites for hydroxylation is 2. The zero-order valence-corrected chi connectivity index (χ0v) is 19.2. The highest BCUT2D eigenvalue weighted by Gasteiger charge is 2.31. The van der Waals surface area contributed by atoms with Crippen molar-refractivity contribution in [1.82, 2.24) is 19.9 Å². The van der Waals surface area contributed by atoms with Crippen LogP contribution in [-0.2, 0) is 11.2 Å². The molecule has 3 aromatic rings. The van der Waals surface area contributed by atoms with Crippen molar-refractivity contribution in [2.45, 2.75) is 45.1 Å². The average Bonchev–Trinajstić information content (AvgIpc) is 2.83. The quantitative estimate of drug-likeness (QED) is 0.573. The molecule has 1 saturated heterocycles. The van der Waals surface area contributed by atoms with Gasteiger partial charge in [-0.2, -0.15) is 0 Å². The van der Waals surface area contributed by atoms with Crippen LogP contribution in [0.4, 0.5) is 5.95 Å². The molecule has 0 aliphatic carbocycles. The van der Waals surface area contributed by atoms with Crippen molar-refractivity contribution in [2.75, 3.05) is 25.5 Å². The lowest BCUT2D eigenvalue weighted by atomic mass is 9.92. The molecule has 6 heteroatoms. The molecule has 1 aromatic carbocycles. The van der Waals surface area contributed by atoms with Crippen molar-refractivity contribution >= 4 is 11.9 Å². The van der Waals surface area contributed by atoms with E-state index in [0.29, 0.717) is 12.4 Å². The van der Waals surface area contributed by atoms with Gasteiger partial charge in [-0.15, -0.1) is 0 Å². The Bertz CT molecular complexity index is 1070. The number of carbonyl (C=O) groups is 1. The summed E-state index contributed by atoms with van der Waals surface area (Å²) in [6.07, 6.45) is 9.87. The summed E-state index contributed by atoms with van der Waals surface area (Å²) in [6.45, 7) is 2.82. The minimum atomic E-state index is -0.0451. The SMILES string of the molecule is Cc1cnccc1-c1cnc(N(C)C)nc1C1CCCCN1C(=O)CCc1ccccc1. The van der Waals surface area contributed by atoms with E-state index in [9.17, 15) is 4.79 Å². The van der Waals surface area contributed by atoms with Crippen LogP contribution in [0.25, 0.3) is 11.1 Å². The van der Waals surface area contributed by atoms with E-state index in [0.717, 1.165) is 54.6 Å². The van der Waals surface area contributed by atoms with Gasteiger partial charge in [-0.25, -0.2) is 9.97 Å². The van der Waals surface area contributed by atoms with Crippen molar-refractivity contribution in [3.63, 3.8) is 0 Å². The molecular weight excluding hydrogens is 398 g/mol. The maximum absolute atomic E-state index is 13.4. The van der Waals surface area contributed by atoms with E-state index in [1.807, 2.05) is 60.6 Å². The van der Waals surface area contributed by atoms with Crippen LogP contribution in [0.2, 0.25) is 0 Å². The Kier molecular flexibility index (Phi) is 6.78. The number of carbonyl (C=O) groups excluding carboxylic acids is 1. The number of rotatable bonds is 6. The normalized spacial score (nSPS) is 16.1. The monoisotopic (exact) mass is 429 g/mol. The molecular formula is C26H31N5O. The molecule has 32 heavy (non-hydrogen) atoms. The van der Waals surface area contributed by atoms with E-state index in [2.05, 4.69) is 29.0 Å². The van der Waals surface area contributed by atoms with Crippen LogP contribution in [0, 0.1) is 6.92 Å². The standard InChI is InChI=1S/C26H31N5O/c1-19-17-27-15-14-21(19)22-18-28-26(30(2)3)29-25(22)23-11-7-8-16-31(23)24(32)13-12-20-9-5-4-6-10-20/h4-6,9-10,14-15,17-18,23H,7-8,11-13,16H2,1-3H3. The summed E-state index contributed by atoms with van der Waals surface area (Å²) in [4.78, 5) is 31.1. The largest absolute Gasteiger partial charge is 0.347 e. The highest BCUT2D eigenvalue weighted by Crippen LogP contribution is 2.37. The fourth-order valence-electron chi connectivity index (χ4n) is 4.39. The summed E-state index contributed by atoms with van der Waals surface area (Å²) in [5.74, 6) is 0.860. The summed E-state index contributed by atoms with van der Waals surface area (Å²) in [6, 6.07) is 12.2. The number of pyridine rings is 1. The summed E-state index contributed by atoms with van der Waals surface area (Å²) in [7, 11) is 3.89. The molecule has 1 unspecified atom stereocenters. The number of amides is 1. The van der Waals surface area contributed by atoms with Crippen molar-refractivity contribution < 1.29 is 4.79 Å². The topological polar surface area (TPSA) is 62.2 Å². The van der Waals surface area contributed by atoms with Crippen LogP contribution in [0.3, 0.4) is 0 Å². The number of piperidine rings is 1. The zero-order valence-electron chi connectivity index (χ0n) is 19.2. The first-order valence-corrected chi connectivity index (χ1v) is 11.3. The van der Waals surface area contributed by atoms with E-state index < -0.39 is 0 Å². The zero-order chi connectivity index (χ0) is 22.5. The molecule has 2 aromatic heterocycles. The van der Waals surface area contributed by atoms with Gasteiger partial charge >= 0.3 is 0 Å². The third kappa shape index (κ3) is 4.79. The van der Waals surface area contributed by atoms with Crippen LogP contribution in [0.5, 0.6) is 0 Å². The molecule has 1 atom stereocenters. The highest BCUT2D eigenvalue weighted by molar-refractivity contribution is 5.78. The maximum atomic E-state index is 13.4. The smallest absolute Gasteiger partial charge is 0.225 e. The van der Waals surface area contributed by atoms with Gasteiger partial charge in [0, 0.05) is 51.2 Å². The molecule has 1 fully saturated rings. The second-order valence-electron chi connectivity index (χ2n) is 8.64. The van der Waals surface area contributed by atoms with E-state index in [1.54, 1.807) is 6.20 Å². The highest BCUT2D eigenvalue weighted by atomic mass is 16.2. The van der Waals surface area contributed by atoms with Crippen molar-refractivity contribution in [2.24, 2.45) is 0 Å². The van der Waals surface area contributed by atoms with E-state index in [-0.39, 0.29) is 11.9 Å². The van der Waals surface area contributed by atoms with E-state index in [1.165, 1.54) is 5.56 Å². The van der Waals surface area contributed by atoms with Gasteiger partial charge in [0.25, 0.3) is 0 Å². The van der Waals surface area contributed by atoms with Gasteiger partial charge in [-0.05, 0) is 55.4 Å². The van der Waals surface area contributed by atoms with Crippen molar-refractivity contribution in [3.8, 4) is 11.1 Å². The Morgan fingerprint density at radius 1 is 1.09 bits per heavy atom. The molecule has 1 aliphatic rings. The molecule has 0 radical (unpaired) electrons. The van der Waals surface area contributed by atoms with E-state index >= 15 is 0 Å². The van der Waals surface area contributed by atoms with Gasteiger partial charge in [-0.1, -0.05) is 30.3 Å². The number of hydrogen-bond acceptors (Lipinski definition) is 5. The lowest BCUT2D eigenvalue weighted by molar-refractivity contribution is -0.135. The first-order chi connectivity index (χ1) is 15.5. The van der Waals surface area contributed by atoms with Crippen LogP contribution in [0.1, 0.15) is 48.5 Å². The molecule has 0 spiro atoms. The van der Waals surface area contributed by atoms with Gasteiger partial charge in [0.1, 0.15) is 0 Å². The van der Waals surface area contributed by atoms with Gasteiger partial charge in [0.2, 0.25) is 11.9 Å². The number of aromatic nitrogens is 3. The molecule has 6 nitrogen and oxygen atoms in total. The Hall–Kier alpha value is -3.28. The van der Waals surface area contributed by atoms with Gasteiger partial charge in [-0.3, -0.25) is 9.78 Å². The summed E-state index contributed by atoms with van der Waals surface area (Å²) >= 11 is 0. The average molecular weight is 430 g/mol. The van der Waals surface area contributed by atoms with Gasteiger partial charge in [0.05, 0.1) is 11.7 Å². The Labute approximate surface area is 190 Å². The number of likely N-dealkylation sites (tertiary alicyclic amines) is 1. The molecule has 166 valence electrons.